The van der Waals surface area contributed by atoms with Crippen LogP contribution in [0.5, 0.6) is 0 Å². The molecule has 0 spiro atoms. The summed E-state index contributed by atoms with van der Waals surface area (Å²) >= 11 is 6.15. The molecule has 0 saturated heterocycles. The van der Waals surface area contributed by atoms with Crippen LogP contribution in [0.4, 0.5) is 4.39 Å². The van der Waals surface area contributed by atoms with Gasteiger partial charge in [0.15, 0.2) is 0 Å². The van der Waals surface area contributed by atoms with Gasteiger partial charge in [0.25, 0.3) is 0 Å². The molecule has 0 fully saturated rings. The van der Waals surface area contributed by atoms with Crippen molar-refractivity contribution in [2.24, 2.45) is 0 Å². The minimum atomic E-state index is -0.303. The Morgan fingerprint density at radius 2 is 2.20 bits per heavy atom. The van der Waals surface area contributed by atoms with Gasteiger partial charge in [-0.1, -0.05) is 0 Å². The fourth-order valence-electron chi connectivity index (χ4n) is 0.443. The van der Waals surface area contributed by atoms with Gasteiger partial charge in [0, 0.05) is 0 Å². The number of halogens is 3. The third-order valence-corrected chi connectivity index (χ3v) is 2.18. The van der Waals surface area contributed by atoms with Crippen LogP contribution in [0.3, 0.4) is 0 Å². The van der Waals surface area contributed by atoms with Gasteiger partial charge in [-0.25, -0.2) is 0 Å². The second-order valence-electron chi connectivity index (χ2n) is 1.58. The van der Waals surface area contributed by atoms with Crippen molar-refractivity contribution >= 4 is 32.9 Å². The first kappa shape index (κ1) is 10.5. The summed E-state index contributed by atoms with van der Waals surface area (Å²) in [5.74, 6) is -0.303. The first-order chi connectivity index (χ1) is 4.20. The summed E-state index contributed by atoms with van der Waals surface area (Å²) in [6.45, 7) is 0. The number of pyridine rings is 1. The van der Waals surface area contributed by atoms with Crippen LogP contribution in [0.2, 0.25) is 5.02 Å². The van der Waals surface area contributed by atoms with Gasteiger partial charge in [-0.05, 0) is 0 Å². The summed E-state index contributed by atoms with van der Waals surface area (Å²) in [7, 11) is 0. The van der Waals surface area contributed by atoms with Gasteiger partial charge in [0.1, 0.15) is 0 Å². The van der Waals surface area contributed by atoms with Gasteiger partial charge in [-0.15, -0.1) is 17.0 Å². The van der Waals surface area contributed by atoms with Crippen molar-refractivity contribution < 1.29 is 22.7 Å². The van der Waals surface area contributed by atoms with Crippen molar-refractivity contribution in [2.45, 2.75) is 0 Å². The summed E-state index contributed by atoms with van der Waals surface area (Å²) in [5, 5.41) is 0.352. The van der Waals surface area contributed by atoms with E-state index in [1.165, 1.54) is 12.3 Å². The Morgan fingerprint density at radius 3 is 2.60 bits per heavy atom. The predicted molar refractivity (Wildman–Crippen MR) is 39.2 cm³/mol. The predicted octanol–water partition coefficient (Wildman–Crippen LogP) is 1.62. The summed E-state index contributed by atoms with van der Waals surface area (Å²) < 4.78 is 13.0. The molecule has 0 aliphatic rings. The molecule has 5 heteroatoms. The third kappa shape index (κ3) is 2.61. The zero-order valence-corrected chi connectivity index (χ0v) is 10.4. The van der Waals surface area contributed by atoms with Crippen molar-refractivity contribution in [3.8, 4) is 0 Å². The van der Waals surface area contributed by atoms with Crippen LogP contribution in [0.25, 0.3) is 0 Å². The Morgan fingerprint density at radius 1 is 1.60 bits per heavy atom. The standard InChI is InChI=1S/C5H2ClFN.BrH.Zn/c6-4-1-5(7)3-8-2-4;;/h1-2H;1H;. The van der Waals surface area contributed by atoms with Crippen LogP contribution < -0.4 is 4.29 Å². The average Bonchev–Trinajstić information content (AvgIpc) is 1.80. The molecule has 0 saturated carbocycles. The molecule has 0 amide bonds. The Kier molecular flexibility index (Phi) is 4.58. The first-order valence-electron chi connectivity index (χ1n) is 2.33. The molecule has 10 heavy (non-hydrogen) atoms. The van der Waals surface area contributed by atoms with Crippen LogP contribution in [0.15, 0.2) is 12.3 Å². The summed E-state index contributed by atoms with van der Waals surface area (Å²) in [5.41, 5.74) is 0. The molecule has 1 aromatic rings. The maximum atomic E-state index is 12.5. The average molecular weight is 277 g/mol. The number of hydrogen-bond donors (Lipinski definition) is 0. The molecule has 0 atom stereocenters. The van der Waals surface area contributed by atoms with Crippen molar-refractivity contribution in [1.82, 2.24) is 4.98 Å². The zero-order chi connectivity index (χ0) is 6.85. The van der Waals surface area contributed by atoms with Gasteiger partial charge in [0.05, 0.1) is 0 Å². The van der Waals surface area contributed by atoms with Gasteiger partial charge in [-0.3, -0.25) is 0 Å². The van der Waals surface area contributed by atoms with Crippen molar-refractivity contribution in [2.75, 3.05) is 0 Å². The molecular formula is C5H3BrClFNZn. The van der Waals surface area contributed by atoms with Gasteiger partial charge in [-0.2, -0.15) is 0 Å². The topological polar surface area (TPSA) is 12.9 Å². The molecule has 51 valence electrons. The first-order valence-corrected chi connectivity index (χ1v) is 4.19. The van der Waals surface area contributed by atoms with Gasteiger partial charge in [0.2, 0.25) is 0 Å². The Balaban J connectivity index is 0.000000810. The van der Waals surface area contributed by atoms with E-state index in [0.717, 1.165) is 18.3 Å². The summed E-state index contributed by atoms with van der Waals surface area (Å²) in [6.07, 6.45) is 1.45. The SMILES string of the molecule is Br.Fc1cc(Cl)cn[c]1[Zn]. The maximum absolute atomic E-state index is 12.5. The second-order valence-corrected chi connectivity index (χ2v) is 3.42. The third-order valence-electron chi connectivity index (χ3n) is 0.884. The molecule has 0 aromatic carbocycles. The fourth-order valence-corrected chi connectivity index (χ4v) is 0.993. The minimum absolute atomic E-state index is 0. The number of nitrogens with zero attached hydrogens (tertiary/aromatic N) is 1. The zero-order valence-electron chi connectivity index (χ0n) is 4.97. The fraction of sp³-hybridized carbons (Fsp3) is 0. The second kappa shape index (κ2) is 4.37. The number of hydrogen-bond acceptors (Lipinski definition) is 1. The van der Waals surface area contributed by atoms with Crippen molar-refractivity contribution in [1.29, 1.82) is 0 Å². The Labute approximate surface area is 83.4 Å². The molecule has 1 nitrogen and oxygen atoms in total. The monoisotopic (exact) mass is 274 g/mol. The number of aromatic nitrogens is 1. The van der Waals surface area contributed by atoms with E-state index in [9.17, 15) is 4.39 Å². The van der Waals surface area contributed by atoms with Crippen molar-refractivity contribution in [3.63, 3.8) is 0 Å². The number of rotatable bonds is 0. The van der Waals surface area contributed by atoms with E-state index in [1.807, 2.05) is 0 Å². The van der Waals surface area contributed by atoms with E-state index in [4.69, 9.17) is 11.6 Å². The molecule has 0 aliphatic carbocycles. The molecule has 0 aliphatic heterocycles. The normalized spacial score (nSPS) is 8.80. The van der Waals surface area contributed by atoms with Gasteiger partial charge < -0.3 is 0 Å². The molecule has 1 aromatic heterocycles. The molecule has 0 N–H and O–H groups in total. The molecule has 1 rings (SSSR count). The van der Waals surface area contributed by atoms with Crippen molar-refractivity contribution in [3.05, 3.63) is 23.1 Å². The summed E-state index contributed by atoms with van der Waals surface area (Å²) in [6, 6.07) is 1.27. The van der Waals surface area contributed by atoms with E-state index in [-0.39, 0.29) is 22.8 Å². The van der Waals surface area contributed by atoms with E-state index in [1.54, 1.807) is 0 Å². The van der Waals surface area contributed by atoms with E-state index < -0.39 is 0 Å². The van der Waals surface area contributed by atoms with E-state index >= 15 is 0 Å². The van der Waals surface area contributed by atoms with Crippen LogP contribution in [-0.2, 0) is 18.3 Å². The molecule has 1 heterocycles. The van der Waals surface area contributed by atoms with Crippen LogP contribution in [0, 0.1) is 5.82 Å². The quantitative estimate of drug-likeness (QED) is 0.657. The molecule has 0 unspecified atom stereocenters. The van der Waals surface area contributed by atoms with E-state index in [0.29, 0.717) is 9.31 Å². The molecular weight excluding hydrogens is 274 g/mol. The Hall–Kier alpha value is 0.473. The summed E-state index contributed by atoms with van der Waals surface area (Å²) in [4.78, 5) is 3.73. The van der Waals surface area contributed by atoms with Gasteiger partial charge >= 0.3 is 66.7 Å². The van der Waals surface area contributed by atoms with Crippen LogP contribution in [-0.4, -0.2) is 4.98 Å². The van der Waals surface area contributed by atoms with Crippen LogP contribution in [0.1, 0.15) is 0 Å². The molecule has 0 radical (unpaired) electrons. The van der Waals surface area contributed by atoms with Crippen LogP contribution >= 0.6 is 28.6 Å². The van der Waals surface area contributed by atoms with E-state index in [2.05, 4.69) is 4.98 Å². The molecule has 0 bridgehead atoms. The Bertz CT molecular complexity index is 233.